The van der Waals surface area contributed by atoms with Gasteiger partial charge in [0, 0.05) is 12.2 Å². The molecular formula is C19H21Cl2F2N5O2. The van der Waals surface area contributed by atoms with Crippen LogP contribution in [-0.2, 0) is 4.74 Å². The van der Waals surface area contributed by atoms with E-state index in [0.717, 1.165) is 0 Å². The zero-order valence-corrected chi connectivity index (χ0v) is 18.1. The molecule has 0 spiro atoms. The van der Waals surface area contributed by atoms with E-state index in [9.17, 15) is 9.18 Å². The molecule has 0 saturated carbocycles. The Morgan fingerprint density at radius 3 is 2.73 bits per heavy atom. The van der Waals surface area contributed by atoms with Crippen molar-refractivity contribution in [3.63, 3.8) is 0 Å². The Balaban J connectivity index is 1.64. The number of alkyl carbamates (subject to hydrolysis) is 1. The summed E-state index contributed by atoms with van der Waals surface area (Å²) in [6.45, 7) is 5.24. The fraction of sp³-hybridized carbons (Fsp3) is 0.579. The summed E-state index contributed by atoms with van der Waals surface area (Å²) in [5, 5.41) is 2.47. The van der Waals surface area contributed by atoms with Crippen molar-refractivity contribution in [1.82, 2.24) is 20.3 Å². The number of aromatic nitrogens is 3. The number of hydrogen-bond acceptors (Lipinski definition) is 6. The van der Waals surface area contributed by atoms with Crippen molar-refractivity contribution in [1.29, 1.82) is 0 Å². The molecule has 2 bridgehead atoms. The summed E-state index contributed by atoms with van der Waals surface area (Å²) < 4.78 is 35.1. The monoisotopic (exact) mass is 459 g/mol. The second kappa shape index (κ2) is 7.60. The van der Waals surface area contributed by atoms with Crippen LogP contribution in [0.25, 0.3) is 10.9 Å². The minimum absolute atomic E-state index is 0.0613. The molecule has 7 nitrogen and oxygen atoms in total. The second-order valence-electron chi connectivity index (χ2n) is 8.58. The van der Waals surface area contributed by atoms with E-state index in [0.29, 0.717) is 30.5 Å². The van der Waals surface area contributed by atoms with Crippen LogP contribution in [0.2, 0.25) is 10.4 Å². The first kappa shape index (κ1) is 21.2. The van der Waals surface area contributed by atoms with E-state index in [1.54, 1.807) is 20.8 Å². The van der Waals surface area contributed by atoms with E-state index in [1.807, 2.05) is 4.90 Å². The number of rotatable bonds is 2. The number of fused-ring (bicyclic) bond motifs is 3. The number of halogens is 4. The summed E-state index contributed by atoms with van der Waals surface area (Å²) in [6, 6.07) is -1.37. The van der Waals surface area contributed by atoms with Gasteiger partial charge in [0.25, 0.3) is 0 Å². The Kier molecular flexibility index (Phi) is 5.38. The number of ether oxygens (including phenoxy) is 1. The van der Waals surface area contributed by atoms with Gasteiger partial charge in [0.1, 0.15) is 23.1 Å². The van der Waals surface area contributed by atoms with Crippen molar-refractivity contribution in [3.05, 3.63) is 22.5 Å². The number of piperidine rings is 1. The number of nitrogens with zero attached hydrogens (tertiary/aromatic N) is 4. The molecule has 30 heavy (non-hydrogen) atoms. The molecule has 0 aromatic carbocycles. The molecule has 1 amide bonds. The van der Waals surface area contributed by atoms with Crippen molar-refractivity contribution in [3.8, 4) is 0 Å². The van der Waals surface area contributed by atoms with Gasteiger partial charge < -0.3 is 15.0 Å². The number of alkyl halides is 1. The van der Waals surface area contributed by atoms with Crippen LogP contribution in [0.3, 0.4) is 0 Å². The lowest BCUT2D eigenvalue weighted by Crippen LogP contribution is -2.58. The number of amides is 1. The van der Waals surface area contributed by atoms with Gasteiger partial charge in [-0.15, -0.1) is 0 Å². The molecular weight excluding hydrogens is 439 g/mol. The topological polar surface area (TPSA) is 80.2 Å². The first-order chi connectivity index (χ1) is 14.0. The Morgan fingerprint density at radius 1 is 1.30 bits per heavy atom. The quantitative estimate of drug-likeness (QED) is 0.527. The van der Waals surface area contributed by atoms with Gasteiger partial charge in [-0.2, -0.15) is 4.98 Å². The van der Waals surface area contributed by atoms with Crippen LogP contribution in [0.4, 0.5) is 19.4 Å². The molecule has 2 aromatic heterocycles. The highest BCUT2D eigenvalue weighted by atomic mass is 35.5. The lowest BCUT2D eigenvalue weighted by Gasteiger charge is -2.42. The van der Waals surface area contributed by atoms with E-state index in [-0.39, 0.29) is 22.0 Å². The first-order valence-electron chi connectivity index (χ1n) is 9.64. The standard InChI is InChI=1S/C19H21Cl2F2N5O2/c1-19(2,3)30-18(29)25-10-6-8-4-5-11(12(10)22)28(8)16-9-7-24-15(20)13(23)14(9)26-17(21)27-16/h7-8,10-12H,4-6H2,1-3H3,(H,25,29)/t8?,10-,11-,12+/m0/s1. The van der Waals surface area contributed by atoms with Gasteiger partial charge >= 0.3 is 6.09 Å². The molecule has 0 aliphatic carbocycles. The van der Waals surface area contributed by atoms with Gasteiger partial charge in [0.05, 0.1) is 17.5 Å². The van der Waals surface area contributed by atoms with E-state index in [2.05, 4.69) is 20.3 Å². The van der Waals surface area contributed by atoms with Crippen LogP contribution < -0.4 is 10.2 Å². The molecule has 1 N–H and O–H groups in total. The van der Waals surface area contributed by atoms with Crippen molar-refractivity contribution in [2.45, 2.75) is 69.9 Å². The molecule has 2 fully saturated rings. The molecule has 4 atom stereocenters. The average Bonchev–Trinajstić information content (AvgIpc) is 2.98. The zero-order chi connectivity index (χ0) is 21.8. The maximum atomic E-state index is 15.4. The van der Waals surface area contributed by atoms with Gasteiger partial charge in [-0.05, 0) is 51.6 Å². The number of hydrogen-bond donors (Lipinski definition) is 1. The van der Waals surface area contributed by atoms with Crippen LogP contribution in [0.5, 0.6) is 0 Å². The van der Waals surface area contributed by atoms with Gasteiger partial charge in [-0.3, -0.25) is 0 Å². The van der Waals surface area contributed by atoms with Crippen LogP contribution in [0.15, 0.2) is 6.20 Å². The molecule has 2 aromatic rings. The normalized spacial score (nSPS) is 26.2. The molecule has 4 heterocycles. The lowest BCUT2D eigenvalue weighted by molar-refractivity contribution is 0.0447. The Hall–Kier alpha value is -2.00. The molecule has 0 radical (unpaired) electrons. The zero-order valence-electron chi connectivity index (χ0n) is 16.6. The third-order valence-electron chi connectivity index (χ3n) is 5.37. The number of nitrogens with one attached hydrogen (secondary N) is 1. The summed E-state index contributed by atoms with van der Waals surface area (Å²) in [4.78, 5) is 26.0. The maximum absolute atomic E-state index is 15.4. The molecule has 2 aliphatic rings. The number of anilines is 1. The fourth-order valence-corrected chi connectivity index (χ4v) is 4.57. The average molecular weight is 460 g/mol. The predicted octanol–water partition coefficient (Wildman–Crippen LogP) is 4.44. The van der Waals surface area contributed by atoms with Crippen molar-refractivity contribution in [2.75, 3.05) is 4.90 Å². The Bertz CT molecular complexity index is 1000. The number of pyridine rings is 1. The maximum Gasteiger partial charge on any atom is 0.407 e. The van der Waals surface area contributed by atoms with Crippen LogP contribution in [0, 0.1) is 5.82 Å². The second-order valence-corrected chi connectivity index (χ2v) is 9.28. The largest absolute Gasteiger partial charge is 0.444 e. The molecule has 11 heteroatoms. The van der Waals surface area contributed by atoms with E-state index >= 15 is 4.39 Å². The number of carbonyl (C=O) groups is 1. The van der Waals surface area contributed by atoms with Crippen molar-refractivity contribution in [2.24, 2.45) is 0 Å². The number of carbonyl (C=O) groups excluding carboxylic acids is 1. The fourth-order valence-electron chi connectivity index (χ4n) is 4.26. The molecule has 4 rings (SSSR count). The van der Waals surface area contributed by atoms with Gasteiger partial charge in [0.2, 0.25) is 5.28 Å². The van der Waals surface area contributed by atoms with E-state index in [1.165, 1.54) is 6.20 Å². The summed E-state index contributed by atoms with van der Waals surface area (Å²) in [5.41, 5.74) is -0.737. The predicted molar refractivity (Wildman–Crippen MR) is 109 cm³/mol. The molecule has 1 unspecified atom stereocenters. The Labute approximate surface area is 182 Å². The highest BCUT2D eigenvalue weighted by Crippen LogP contribution is 2.42. The van der Waals surface area contributed by atoms with Crippen molar-refractivity contribution < 1.29 is 18.3 Å². The van der Waals surface area contributed by atoms with Gasteiger partial charge in [-0.25, -0.2) is 23.5 Å². The van der Waals surface area contributed by atoms with E-state index < -0.39 is 35.8 Å². The third-order valence-corrected chi connectivity index (χ3v) is 5.80. The van der Waals surface area contributed by atoms with Crippen LogP contribution in [-0.4, -0.2) is 50.9 Å². The lowest BCUT2D eigenvalue weighted by atomic mass is 9.95. The van der Waals surface area contributed by atoms with Crippen molar-refractivity contribution >= 4 is 46.0 Å². The van der Waals surface area contributed by atoms with E-state index in [4.69, 9.17) is 27.9 Å². The first-order valence-corrected chi connectivity index (χ1v) is 10.4. The highest BCUT2D eigenvalue weighted by molar-refractivity contribution is 6.30. The minimum Gasteiger partial charge on any atom is -0.444 e. The summed E-state index contributed by atoms with van der Waals surface area (Å²) >= 11 is 11.8. The molecule has 2 aliphatic heterocycles. The Morgan fingerprint density at radius 2 is 2.03 bits per heavy atom. The van der Waals surface area contributed by atoms with Crippen LogP contribution >= 0.6 is 23.2 Å². The smallest absolute Gasteiger partial charge is 0.407 e. The summed E-state index contributed by atoms with van der Waals surface area (Å²) in [6.07, 6.45) is 0.951. The van der Waals surface area contributed by atoms with Gasteiger partial charge in [0.15, 0.2) is 11.0 Å². The summed E-state index contributed by atoms with van der Waals surface area (Å²) in [7, 11) is 0. The van der Waals surface area contributed by atoms with Crippen LogP contribution in [0.1, 0.15) is 40.0 Å². The minimum atomic E-state index is -1.37. The summed E-state index contributed by atoms with van der Waals surface area (Å²) in [5.74, 6) is -0.482. The highest BCUT2D eigenvalue weighted by Gasteiger charge is 2.49. The van der Waals surface area contributed by atoms with Gasteiger partial charge in [-0.1, -0.05) is 11.6 Å². The molecule has 162 valence electrons. The SMILES string of the molecule is CC(C)(C)OC(=O)N[C@H]1CC2CC[C@@H]([C@@H]1F)N2c1nc(Cl)nc2c(F)c(Cl)ncc12. The molecule has 2 saturated heterocycles. The third kappa shape index (κ3) is 3.85.